The van der Waals surface area contributed by atoms with E-state index in [2.05, 4.69) is 0 Å². The Morgan fingerprint density at radius 1 is 1.29 bits per heavy atom. The number of carbonyl (C=O) groups excluding carboxylic acids is 1. The molecule has 0 heterocycles. The third-order valence-electron chi connectivity index (χ3n) is 1.86. The third kappa shape index (κ3) is 2.85. The quantitative estimate of drug-likeness (QED) is 0.777. The zero-order chi connectivity index (χ0) is 10.6. The largest absolute Gasteiger partial charge is 0.481 e. The van der Waals surface area contributed by atoms with E-state index in [4.69, 9.17) is 16.7 Å². The number of hydrogen-bond donors (Lipinski definition) is 1. The normalized spacial score (nSPS) is 12.1. The van der Waals surface area contributed by atoms with Crippen LogP contribution in [0.2, 0.25) is 0 Å². The van der Waals surface area contributed by atoms with E-state index < -0.39 is 17.1 Å². The SMILES string of the molecule is O=C(Cl)CC(C(=O)O)c1ccccc1. The Labute approximate surface area is 86.3 Å². The van der Waals surface area contributed by atoms with Gasteiger partial charge in [-0.1, -0.05) is 30.3 Å². The summed E-state index contributed by atoms with van der Waals surface area (Å²) >= 11 is 5.16. The first kappa shape index (κ1) is 10.7. The lowest BCUT2D eigenvalue weighted by atomic mass is 9.97. The maximum absolute atomic E-state index is 10.8. The Hall–Kier alpha value is -1.35. The lowest BCUT2D eigenvalue weighted by molar-refractivity contribution is -0.139. The van der Waals surface area contributed by atoms with Crippen molar-refractivity contribution in [3.8, 4) is 0 Å². The van der Waals surface area contributed by atoms with Gasteiger partial charge in [0.05, 0.1) is 5.92 Å². The highest BCUT2D eigenvalue weighted by molar-refractivity contribution is 6.63. The fourth-order valence-corrected chi connectivity index (χ4v) is 1.35. The number of carboxylic acid groups (broad SMARTS) is 1. The summed E-state index contributed by atoms with van der Waals surface area (Å²) in [5.74, 6) is -1.88. The number of carbonyl (C=O) groups is 2. The molecule has 1 rings (SSSR count). The molecule has 0 fully saturated rings. The molecule has 0 aromatic heterocycles. The van der Waals surface area contributed by atoms with E-state index in [0.29, 0.717) is 5.56 Å². The van der Waals surface area contributed by atoms with Gasteiger partial charge in [-0.2, -0.15) is 0 Å². The fourth-order valence-electron chi connectivity index (χ4n) is 1.19. The predicted molar refractivity (Wildman–Crippen MR) is 52.3 cm³/mol. The second-order valence-electron chi connectivity index (χ2n) is 2.86. The Bertz CT molecular complexity index is 334. The lowest BCUT2D eigenvalue weighted by Crippen LogP contribution is -2.13. The van der Waals surface area contributed by atoms with Crippen LogP contribution in [0.4, 0.5) is 0 Å². The van der Waals surface area contributed by atoms with Crippen LogP contribution >= 0.6 is 11.6 Å². The molecule has 0 bridgehead atoms. The molecule has 0 spiro atoms. The number of benzene rings is 1. The van der Waals surface area contributed by atoms with Gasteiger partial charge in [0.1, 0.15) is 0 Å². The van der Waals surface area contributed by atoms with Crippen LogP contribution < -0.4 is 0 Å². The van der Waals surface area contributed by atoms with Gasteiger partial charge in [-0.3, -0.25) is 9.59 Å². The van der Waals surface area contributed by atoms with Crippen LogP contribution in [-0.2, 0) is 9.59 Å². The molecular formula is C10H9ClO3. The zero-order valence-corrected chi connectivity index (χ0v) is 8.07. The minimum absolute atomic E-state index is 0.180. The minimum Gasteiger partial charge on any atom is -0.481 e. The second kappa shape index (κ2) is 4.77. The van der Waals surface area contributed by atoms with Crippen LogP contribution in [0, 0.1) is 0 Å². The molecule has 14 heavy (non-hydrogen) atoms. The van der Waals surface area contributed by atoms with E-state index in [1.54, 1.807) is 30.3 Å². The Kier molecular flexibility index (Phi) is 3.65. The Morgan fingerprint density at radius 2 is 1.86 bits per heavy atom. The molecule has 3 nitrogen and oxygen atoms in total. The zero-order valence-electron chi connectivity index (χ0n) is 7.31. The predicted octanol–water partition coefficient (Wildman–Crippen LogP) is 2.01. The van der Waals surface area contributed by atoms with Crippen LogP contribution in [0.5, 0.6) is 0 Å². The van der Waals surface area contributed by atoms with Crippen molar-refractivity contribution in [1.29, 1.82) is 0 Å². The first-order valence-electron chi connectivity index (χ1n) is 4.07. The third-order valence-corrected chi connectivity index (χ3v) is 2.02. The molecule has 1 unspecified atom stereocenters. The molecule has 0 radical (unpaired) electrons. The summed E-state index contributed by atoms with van der Waals surface area (Å²) in [6.07, 6.45) is -0.180. The van der Waals surface area contributed by atoms with Gasteiger partial charge >= 0.3 is 5.97 Å². The molecule has 1 aromatic rings. The topological polar surface area (TPSA) is 54.4 Å². The maximum Gasteiger partial charge on any atom is 0.311 e. The summed E-state index contributed by atoms with van der Waals surface area (Å²) in [6, 6.07) is 8.57. The summed E-state index contributed by atoms with van der Waals surface area (Å²) in [6.45, 7) is 0. The van der Waals surface area contributed by atoms with E-state index in [-0.39, 0.29) is 6.42 Å². The monoisotopic (exact) mass is 212 g/mol. The second-order valence-corrected chi connectivity index (χ2v) is 3.28. The average molecular weight is 213 g/mol. The van der Waals surface area contributed by atoms with Crippen LogP contribution in [0.3, 0.4) is 0 Å². The maximum atomic E-state index is 10.8. The summed E-state index contributed by atoms with van der Waals surface area (Å²) < 4.78 is 0. The van der Waals surface area contributed by atoms with Crippen molar-refractivity contribution < 1.29 is 14.7 Å². The molecular weight excluding hydrogens is 204 g/mol. The van der Waals surface area contributed by atoms with Gasteiger partial charge in [-0.15, -0.1) is 0 Å². The molecule has 1 atom stereocenters. The molecule has 4 heteroatoms. The molecule has 1 aromatic carbocycles. The van der Waals surface area contributed by atoms with Gasteiger partial charge in [0.25, 0.3) is 0 Å². The lowest BCUT2D eigenvalue weighted by Gasteiger charge is -2.09. The highest BCUT2D eigenvalue weighted by Gasteiger charge is 2.21. The summed E-state index contributed by atoms with van der Waals surface area (Å²) in [5.41, 5.74) is 0.592. The van der Waals surface area contributed by atoms with Crippen molar-refractivity contribution in [3.05, 3.63) is 35.9 Å². The van der Waals surface area contributed by atoms with E-state index in [1.165, 1.54) is 0 Å². The van der Waals surface area contributed by atoms with E-state index in [9.17, 15) is 9.59 Å². The van der Waals surface area contributed by atoms with Gasteiger partial charge in [-0.25, -0.2) is 0 Å². The van der Waals surface area contributed by atoms with Gasteiger partial charge in [0.2, 0.25) is 5.24 Å². The first-order chi connectivity index (χ1) is 6.61. The number of carboxylic acids is 1. The number of rotatable bonds is 4. The standard InChI is InChI=1S/C10H9ClO3/c11-9(12)6-8(10(13)14)7-4-2-1-3-5-7/h1-5,8H,6H2,(H,13,14). The number of aliphatic carboxylic acids is 1. The van der Waals surface area contributed by atoms with Crippen LogP contribution in [0.1, 0.15) is 17.9 Å². The molecule has 0 aliphatic rings. The molecule has 0 aliphatic carbocycles. The summed E-state index contributed by atoms with van der Waals surface area (Å²) in [4.78, 5) is 21.5. The Morgan fingerprint density at radius 3 is 2.29 bits per heavy atom. The van der Waals surface area contributed by atoms with Crippen molar-refractivity contribution in [2.24, 2.45) is 0 Å². The highest BCUT2D eigenvalue weighted by Crippen LogP contribution is 2.20. The average Bonchev–Trinajstić information content (AvgIpc) is 2.15. The summed E-state index contributed by atoms with van der Waals surface area (Å²) in [7, 11) is 0. The van der Waals surface area contributed by atoms with Crippen molar-refractivity contribution >= 4 is 22.8 Å². The Balaban J connectivity index is 2.89. The molecule has 0 aliphatic heterocycles. The van der Waals surface area contributed by atoms with Crippen LogP contribution in [0.25, 0.3) is 0 Å². The molecule has 0 saturated carbocycles. The van der Waals surface area contributed by atoms with Gasteiger partial charge < -0.3 is 5.11 Å². The smallest absolute Gasteiger partial charge is 0.311 e. The van der Waals surface area contributed by atoms with Crippen LogP contribution in [-0.4, -0.2) is 16.3 Å². The van der Waals surface area contributed by atoms with Gasteiger partial charge in [-0.05, 0) is 17.2 Å². The number of hydrogen-bond acceptors (Lipinski definition) is 2. The van der Waals surface area contributed by atoms with Crippen LogP contribution in [0.15, 0.2) is 30.3 Å². The molecule has 0 saturated heterocycles. The molecule has 1 N–H and O–H groups in total. The van der Waals surface area contributed by atoms with Crippen molar-refractivity contribution in [1.82, 2.24) is 0 Å². The van der Waals surface area contributed by atoms with Gasteiger partial charge in [0.15, 0.2) is 0 Å². The first-order valence-corrected chi connectivity index (χ1v) is 4.45. The molecule has 74 valence electrons. The highest BCUT2D eigenvalue weighted by atomic mass is 35.5. The summed E-state index contributed by atoms with van der Waals surface area (Å²) in [5, 5.41) is 8.23. The van der Waals surface area contributed by atoms with E-state index in [0.717, 1.165) is 0 Å². The minimum atomic E-state index is -1.04. The van der Waals surface area contributed by atoms with E-state index in [1.807, 2.05) is 0 Å². The van der Waals surface area contributed by atoms with E-state index >= 15 is 0 Å². The fraction of sp³-hybridized carbons (Fsp3) is 0.200. The van der Waals surface area contributed by atoms with Crippen molar-refractivity contribution in [3.63, 3.8) is 0 Å². The van der Waals surface area contributed by atoms with Crippen molar-refractivity contribution in [2.45, 2.75) is 12.3 Å². The molecule has 0 amide bonds. The van der Waals surface area contributed by atoms with Gasteiger partial charge in [0, 0.05) is 6.42 Å². The van der Waals surface area contributed by atoms with Crippen molar-refractivity contribution in [2.75, 3.05) is 0 Å². The number of halogens is 1.